The predicted octanol–water partition coefficient (Wildman–Crippen LogP) is 8.87. The van der Waals surface area contributed by atoms with Gasteiger partial charge in [0, 0.05) is 16.7 Å². The van der Waals surface area contributed by atoms with Gasteiger partial charge >= 0.3 is 5.97 Å². The minimum atomic E-state index is -2.29. The van der Waals surface area contributed by atoms with Crippen LogP contribution in [-0.4, -0.2) is 47.5 Å². The molecule has 0 saturated carbocycles. The number of hydrogen-bond donors (Lipinski definition) is 2. The molecule has 0 bridgehead atoms. The molecule has 0 spiro atoms. The Labute approximate surface area is 260 Å². The van der Waals surface area contributed by atoms with Crippen LogP contribution in [0, 0.1) is 30.1 Å². The number of carbonyl (C=O) groups is 2. The number of hydrogen-bond acceptors (Lipinski definition) is 6. The first-order valence-corrected chi connectivity index (χ1v) is 18.9. The van der Waals surface area contributed by atoms with Crippen molar-refractivity contribution in [3.8, 4) is 0 Å². The molecule has 6 nitrogen and oxygen atoms in total. The molecule has 1 rings (SSSR count). The van der Waals surface area contributed by atoms with Crippen LogP contribution < -0.4 is 0 Å². The average Bonchev–Trinajstić information content (AvgIpc) is 3.28. The maximum atomic E-state index is 13.8. The molecule has 5 atom stereocenters. The number of ketones is 1. The van der Waals surface area contributed by atoms with E-state index in [-0.39, 0.29) is 35.0 Å². The summed E-state index contributed by atoms with van der Waals surface area (Å²) >= 11 is 1.60. The van der Waals surface area contributed by atoms with Crippen LogP contribution in [0.2, 0.25) is 18.1 Å². The maximum absolute atomic E-state index is 13.8. The van der Waals surface area contributed by atoms with E-state index in [1.54, 1.807) is 11.3 Å². The van der Waals surface area contributed by atoms with Crippen LogP contribution in [0.15, 0.2) is 34.8 Å². The highest BCUT2D eigenvalue weighted by molar-refractivity contribution is 7.09. The zero-order chi connectivity index (χ0) is 32.6. The summed E-state index contributed by atoms with van der Waals surface area (Å²) < 4.78 is 6.56. The number of allylic oxidation sites excluding steroid dienone is 3. The van der Waals surface area contributed by atoms with Crippen molar-refractivity contribution in [2.24, 2.45) is 23.2 Å². The van der Waals surface area contributed by atoms with Crippen LogP contribution in [-0.2, 0) is 14.0 Å². The highest BCUT2D eigenvalue weighted by atomic mass is 32.1. The summed E-state index contributed by atoms with van der Waals surface area (Å²) in [7, 11) is -2.29. The molecule has 0 aliphatic rings. The number of aliphatic carboxylic acids is 1. The van der Waals surface area contributed by atoms with E-state index < -0.39 is 31.9 Å². The monoisotopic (exact) mass is 619 g/mol. The van der Waals surface area contributed by atoms with Crippen molar-refractivity contribution in [2.75, 3.05) is 0 Å². The number of aliphatic hydroxyl groups excluding tert-OH is 1. The highest BCUT2D eigenvalue weighted by Gasteiger charge is 2.47. The number of aromatic nitrogens is 1. The standard InChI is InChI=1S/C34H57NO5SSi/c1-22(17-18-29(36)24(3)19-28-21-41-27(6)35-28)15-14-16-23(2)25(4)26(5)32(39)34(10,11)30(20-31(37)38)40-42(12,13)33(7,8)9/h14,16-17,19,21,23,25-26,29-30,36H,15,18,20H2,1-13H3,(H,37,38)/b16-14+,22-17-,24-19+/t23?,25-,26+,29-,30-/m0/s1. The molecule has 2 N–H and O–H groups in total. The molecule has 1 aromatic rings. The quantitative estimate of drug-likeness (QED) is 0.142. The predicted molar refractivity (Wildman–Crippen MR) is 179 cm³/mol. The summed E-state index contributed by atoms with van der Waals surface area (Å²) in [6.07, 6.45) is 8.20. The molecule has 0 radical (unpaired) electrons. The number of aliphatic hydroxyl groups is 1. The minimum absolute atomic E-state index is 0.0431. The summed E-state index contributed by atoms with van der Waals surface area (Å²) in [6, 6.07) is 0. The minimum Gasteiger partial charge on any atom is -0.481 e. The van der Waals surface area contributed by atoms with Crippen LogP contribution in [0.4, 0.5) is 0 Å². The third kappa shape index (κ3) is 11.3. The summed E-state index contributed by atoms with van der Waals surface area (Å²) in [4.78, 5) is 30.1. The van der Waals surface area contributed by atoms with Gasteiger partial charge in [-0.05, 0) is 75.2 Å². The van der Waals surface area contributed by atoms with Crippen molar-refractivity contribution >= 4 is 37.5 Å². The molecule has 42 heavy (non-hydrogen) atoms. The average molecular weight is 620 g/mol. The summed E-state index contributed by atoms with van der Waals surface area (Å²) in [6.45, 7) is 26.4. The number of aryl methyl sites for hydroxylation is 1. The third-order valence-corrected chi connectivity index (χ3v) is 14.5. The molecular weight excluding hydrogens is 563 g/mol. The van der Waals surface area contributed by atoms with Crippen molar-refractivity contribution in [3.63, 3.8) is 0 Å². The second kappa shape index (κ2) is 15.7. The number of rotatable bonds is 16. The zero-order valence-electron chi connectivity index (χ0n) is 28.4. The van der Waals surface area contributed by atoms with Gasteiger partial charge in [0.1, 0.15) is 5.78 Å². The molecule has 8 heteroatoms. The van der Waals surface area contributed by atoms with Crippen molar-refractivity contribution in [2.45, 2.75) is 126 Å². The fourth-order valence-electron chi connectivity index (χ4n) is 4.58. The van der Waals surface area contributed by atoms with Crippen molar-refractivity contribution < 1.29 is 24.2 Å². The first kappa shape index (κ1) is 38.2. The molecule has 0 aliphatic heterocycles. The molecule has 0 aromatic carbocycles. The lowest BCUT2D eigenvalue weighted by molar-refractivity contribution is -0.145. The van der Waals surface area contributed by atoms with E-state index in [4.69, 9.17) is 4.43 Å². The molecule has 0 amide bonds. The molecule has 1 aromatic heterocycles. The van der Waals surface area contributed by atoms with E-state index in [1.165, 1.54) is 5.57 Å². The van der Waals surface area contributed by atoms with E-state index in [0.29, 0.717) is 6.42 Å². The molecule has 0 aliphatic carbocycles. The molecule has 238 valence electrons. The normalized spacial score (nSPS) is 17.7. The van der Waals surface area contributed by atoms with Crippen molar-refractivity contribution in [1.82, 2.24) is 4.98 Å². The molecular formula is C34H57NO5SSi. The fraction of sp³-hybridized carbons (Fsp3) is 0.676. The number of Topliss-reactive ketones (excluding diaryl/α,β-unsaturated/α-hetero) is 1. The van der Waals surface area contributed by atoms with E-state index in [1.807, 2.05) is 46.1 Å². The van der Waals surface area contributed by atoms with Gasteiger partial charge in [0.05, 0.1) is 29.3 Å². The van der Waals surface area contributed by atoms with E-state index in [0.717, 1.165) is 22.7 Å². The molecule has 1 unspecified atom stereocenters. The summed E-state index contributed by atoms with van der Waals surface area (Å²) in [5, 5.41) is 23.1. The lowest BCUT2D eigenvalue weighted by Crippen LogP contribution is -2.52. The van der Waals surface area contributed by atoms with E-state index in [9.17, 15) is 19.8 Å². The topological polar surface area (TPSA) is 96.7 Å². The van der Waals surface area contributed by atoms with Gasteiger partial charge < -0.3 is 14.6 Å². The Kier molecular flexibility index (Phi) is 14.3. The van der Waals surface area contributed by atoms with Gasteiger partial charge in [-0.2, -0.15) is 0 Å². The van der Waals surface area contributed by atoms with Gasteiger partial charge in [0.25, 0.3) is 0 Å². The lowest BCUT2D eigenvalue weighted by atomic mass is 9.71. The van der Waals surface area contributed by atoms with Gasteiger partial charge in [-0.15, -0.1) is 11.3 Å². The van der Waals surface area contributed by atoms with Crippen LogP contribution in [0.3, 0.4) is 0 Å². The maximum Gasteiger partial charge on any atom is 0.305 e. The second-order valence-corrected chi connectivity index (χ2v) is 20.0. The summed E-state index contributed by atoms with van der Waals surface area (Å²) in [5.41, 5.74) is 2.02. The first-order chi connectivity index (χ1) is 19.1. The van der Waals surface area contributed by atoms with Crippen LogP contribution in [0.5, 0.6) is 0 Å². The van der Waals surface area contributed by atoms with Crippen LogP contribution in [0.25, 0.3) is 6.08 Å². The van der Waals surface area contributed by atoms with Crippen molar-refractivity contribution in [3.05, 3.63) is 45.5 Å². The zero-order valence-corrected chi connectivity index (χ0v) is 30.2. The number of carboxylic acids is 1. The Morgan fingerprint density at radius 2 is 1.71 bits per heavy atom. The molecule has 0 saturated heterocycles. The highest BCUT2D eigenvalue weighted by Crippen LogP contribution is 2.42. The Morgan fingerprint density at radius 3 is 2.21 bits per heavy atom. The first-order valence-electron chi connectivity index (χ1n) is 15.1. The van der Waals surface area contributed by atoms with Crippen LogP contribution in [0.1, 0.15) is 99.2 Å². The lowest BCUT2D eigenvalue weighted by Gasteiger charge is -2.44. The fourth-order valence-corrected chi connectivity index (χ4v) is 6.59. The second-order valence-electron chi connectivity index (χ2n) is 14.2. The summed E-state index contributed by atoms with van der Waals surface area (Å²) in [5.74, 6) is -0.944. The van der Waals surface area contributed by atoms with Gasteiger partial charge in [-0.1, -0.05) is 79.2 Å². The molecule has 1 heterocycles. The Bertz CT molecular complexity index is 1140. The Balaban J connectivity index is 2.85. The number of thiazole rings is 1. The Hall–Kier alpha value is -1.87. The van der Waals surface area contributed by atoms with E-state index in [2.05, 4.69) is 77.8 Å². The van der Waals surface area contributed by atoms with Gasteiger partial charge in [-0.3, -0.25) is 9.59 Å². The van der Waals surface area contributed by atoms with Gasteiger partial charge in [0.2, 0.25) is 0 Å². The van der Waals surface area contributed by atoms with Crippen molar-refractivity contribution in [1.29, 1.82) is 0 Å². The largest absolute Gasteiger partial charge is 0.481 e. The van der Waals surface area contributed by atoms with Gasteiger partial charge in [0.15, 0.2) is 8.32 Å². The Morgan fingerprint density at radius 1 is 1.12 bits per heavy atom. The number of carboxylic acid groups (broad SMARTS) is 1. The third-order valence-electron chi connectivity index (χ3n) is 9.18. The molecule has 0 fully saturated rings. The van der Waals surface area contributed by atoms with Gasteiger partial charge in [-0.25, -0.2) is 4.98 Å². The van der Waals surface area contributed by atoms with E-state index >= 15 is 0 Å². The smallest absolute Gasteiger partial charge is 0.305 e. The number of carbonyl (C=O) groups excluding carboxylic acids is 1. The van der Waals surface area contributed by atoms with Crippen LogP contribution >= 0.6 is 11.3 Å². The number of nitrogens with zero attached hydrogens (tertiary/aromatic N) is 1. The SMILES string of the molecule is C/C(=C/C[C@H](O)/C(C)=C/c1csc(C)n1)C/C=C/C(C)[C@H](C)[C@@H](C)C(=O)C(C)(C)[C@H](CC(=O)O)O[Si](C)(C)C(C)(C)C.